The number of benzene rings is 2. The normalized spacial score (nSPS) is 10.8. The summed E-state index contributed by atoms with van der Waals surface area (Å²) in [4.78, 5) is 7.54. The number of aryl methyl sites for hydroxylation is 1. The first kappa shape index (κ1) is 10.8. The van der Waals surface area contributed by atoms with Gasteiger partial charge in [0.15, 0.2) is 0 Å². The van der Waals surface area contributed by atoms with Crippen LogP contribution in [-0.2, 0) is 0 Å². The van der Waals surface area contributed by atoms with Crippen molar-refractivity contribution in [3.05, 3.63) is 48.3 Å². The summed E-state index contributed by atoms with van der Waals surface area (Å²) in [6.07, 6.45) is 1.70. The molecule has 18 heavy (non-hydrogen) atoms. The van der Waals surface area contributed by atoms with Crippen LogP contribution in [0.15, 0.2) is 42.7 Å². The summed E-state index contributed by atoms with van der Waals surface area (Å²) in [5.41, 5.74) is 5.47. The minimum absolute atomic E-state index is 0.819. The number of aromatic nitrogens is 2. The molecule has 1 heterocycles. The lowest BCUT2D eigenvalue weighted by Crippen LogP contribution is -1.88. The van der Waals surface area contributed by atoms with Crippen LogP contribution in [0.5, 0.6) is 5.75 Å². The van der Waals surface area contributed by atoms with Crippen molar-refractivity contribution in [2.75, 3.05) is 7.11 Å². The summed E-state index contributed by atoms with van der Waals surface area (Å²) in [5.74, 6) is 0.819. The van der Waals surface area contributed by atoms with E-state index in [2.05, 4.69) is 35.1 Å². The van der Waals surface area contributed by atoms with Gasteiger partial charge in [0.2, 0.25) is 0 Å². The first-order chi connectivity index (χ1) is 8.81. The Balaban J connectivity index is 2.31. The number of imidazole rings is 1. The van der Waals surface area contributed by atoms with E-state index in [0.717, 1.165) is 22.3 Å². The number of nitrogens with zero attached hydrogens (tertiary/aromatic N) is 1. The van der Waals surface area contributed by atoms with E-state index in [-0.39, 0.29) is 0 Å². The molecular weight excluding hydrogens is 224 g/mol. The van der Waals surface area contributed by atoms with E-state index in [1.54, 1.807) is 13.4 Å². The fourth-order valence-corrected chi connectivity index (χ4v) is 2.27. The van der Waals surface area contributed by atoms with Crippen LogP contribution in [-0.4, -0.2) is 17.1 Å². The Morgan fingerprint density at radius 1 is 1.06 bits per heavy atom. The van der Waals surface area contributed by atoms with Gasteiger partial charge in [-0.15, -0.1) is 0 Å². The molecule has 3 aromatic rings. The molecule has 3 nitrogen and oxygen atoms in total. The van der Waals surface area contributed by atoms with Crippen LogP contribution in [0.4, 0.5) is 0 Å². The molecule has 0 amide bonds. The van der Waals surface area contributed by atoms with E-state index >= 15 is 0 Å². The topological polar surface area (TPSA) is 37.9 Å². The van der Waals surface area contributed by atoms with Crippen molar-refractivity contribution in [2.45, 2.75) is 6.92 Å². The SMILES string of the molecule is COc1ccc(-c2ccccc2C)c2nc[nH]c12. The lowest BCUT2D eigenvalue weighted by molar-refractivity contribution is 0.419. The van der Waals surface area contributed by atoms with Gasteiger partial charge in [-0.1, -0.05) is 24.3 Å². The highest BCUT2D eigenvalue weighted by molar-refractivity contribution is 5.95. The quantitative estimate of drug-likeness (QED) is 0.741. The molecule has 0 aliphatic rings. The van der Waals surface area contributed by atoms with Gasteiger partial charge in [-0.3, -0.25) is 0 Å². The minimum Gasteiger partial charge on any atom is -0.494 e. The monoisotopic (exact) mass is 238 g/mol. The zero-order valence-electron chi connectivity index (χ0n) is 10.4. The van der Waals surface area contributed by atoms with Crippen molar-refractivity contribution in [3.8, 4) is 16.9 Å². The molecule has 1 aromatic heterocycles. The molecule has 0 saturated carbocycles. The number of H-pyrrole nitrogens is 1. The Kier molecular flexibility index (Phi) is 2.52. The highest BCUT2D eigenvalue weighted by atomic mass is 16.5. The predicted octanol–water partition coefficient (Wildman–Crippen LogP) is 3.55. The number of hydrogen-bond donors (Lipinski definition) is 1. The molecule has 0 aliphatic carbocycles. The van der Waals surface area contributed by atoms with Crippen LogP contribution in [0.2, 0.25) is 0 Å². The lowest BCUT2D eigenvalue weighted by Gasteiger charge is -2.08. The third-order valence-corrected chi connectivity index (χ3v) is 3.20. The number of rotatable bonds is 2. The molecule has 90 valence electrons. The standard InChI is InChI=1S/C15H14N2O/c1-10-5-3-4-6-11(10)12-7-8-13(18-2)15-14(12)16-9-17-15/h3-9H,1-2H3,(H,16,17). The van der Waals surface area contributed by atoms with E-state index in [4.69, 9.17) is 4.74 Å². The largest absolute Gasteiger partial charge is 0.494 e. The van der Waals surface area contributed by atoms with Gasteiger partial charge in [-0.05, 0) is 30.2 Å². The Labute approximate surface area is 105 Å². The van der Waals surface area contributed by atoms with Gasteiger partial charge in [-0.25, -0.2) is 4.98 Å². The molecule has 2 aromatic carbocycles. The number of fused-ring (bicyclic) bond motifs is 1. The molecule has 0 atom stereocenters. The van der Waals surface area contributed by atoms with Crippen molar-refractivity contribution in [2.24, 2.45) is 0 Å². The fraction of sp³-hybridized carbons (Fsp3) is 0.133. The molecule has 3 heteroatoms. The van der Waals surface area contributed by atoms with Gasteiger partial charge >= 0.3 is 0 Å². The second kappa shape index (κ2) is 4.18. The summed E-state index contributed by atoms with van der Waals surface area (Å²) >= 11 is 0. The molecule has 3 rings (SSSR count). The van der Waals surface area contributed by atoms with Crippen LogP contribution in [0.1, 0.15) is 5.56 Å². The molecule has 0 spiro atoms. The predicted molar refractivity (Wildman–Crippen MR) is 72.8 cm³/mol. The van der Waals surface area contributed by atoms with E-state index in [1.165, 1.54) is 11.1 Å². The lowest BCUT2D eigenvalue weighted by atomic mass is 9.99. The number of hydrogen-bond acceptors (Lipinski definition) is 2. The third kappa shape index (κ3) is 1.56. The number of aromatic amines is 1. The van der Waals surface area contributed by atoms with E-state index in [1.807, 2.05) is 18.2 Å². The van der Waals surface area contributed by atoms with Crippen LogP contribution in [0, 0.1) is 6.92 Å². The molecule has 0 bridgehead atoms. The fourth-order valence-electron chi connectivity index (χ4n) is 2.27. The van der Waals surface area contributed by atoms with Gasteiger partial charge in [0, 0.05) is 5.56 Å². The molecule has 0 aliphatic heterocycles. The van der Waals surface area contributed by atoms with Gasteiger partial charge in [0.05, 0.1) is 19.0 Å². The summed E-state index contributed by atoms with van der Waals surface area (Å²) in [7, 11) is 1.67. The Bertz CT molecular complexity index is 701. The maximum absolute atomic E-state index is 5.34. The maximum Gasteiger partial charge on any atom is 0.144 e. The Morgan fingerprint density at radius 3 is 2.67 bits per heavy atom. The number of methoxy groups -OCH3 is 1. The summed E-state index contributed by atoms with van der Waals surface area (Å²) in [5, 5.41) is 0. The van der Waals surface area contributed by atoms with Crippen molar-refractivity contribution in [1.82, 2.24) is 9.97 Å². The second-order valence-electron chi connectivity index (χ2n) is 4.26. The number of ether oxygens (including phenoxy) is 1. The molecule has 1 N–H and O–H groups in total. The molecular formula is C15H14N2O. The van der Waals surface area contributed by atoms with Crippen molar-refractivity contribution < 1.29 is 4.74 Å². The van der Waals surface area contributed by atoms with E-state index < -0.39 is 0 Å². The summed E-state index contributed by atoms with van der Waals surface area (Å²) in [6.45, 7) is 2.11. The maximum atomic E-state index is 5.34. The third-order valence-electron chi connectivity index (χ3n) is 3.20. The van der Waals surface area contributed by atoms with Crippen LogP contribution in [0.25, 0.3) is 22.2 Å². The highest BCUT2D eigenvalue weighted by Gasteiger charge is 2.11. The van der Waals surface area contributed by atoms with E-state index in [9.17, 15) is 0 Å². The minimum atomic E-state index is 0.819. The van der Waals surface area contributed by atoms with Gasteiger partial charge < -0.3 is 9.72 Å². The van der Waals surface area contributed by atoms with Crippen LogP contribution < -0.4 is 4.74 Å². The average Bonchev–Trinajstić information content (AvgIpc) is 2.88. The zero-order valence-corrected chi connectivity index (χ0v) is 10.4. The molecule has 0 unspecified atom stereocenters. The summed E-state index contributed by atoms with van der Waals surface area (Å²) in [6, 6.07) is 12.4. The molecule has 0 radical (unpaired) electrons. The Morgan fingerprint density at radius 2 is 1.89 bits per heavy atom. The first-order valence-electron chi connectivity index (χ1n) is 5.87. The van der Waals surface area contributed by atoms with Crippen molar-refractivity contribution in [3.63, 3.8) is 0 Å². The molecule has 0 fully saturated rings. The van der Waals surface area contributed by atoms with Crippen LogP contribution in [0.3, 0.4) is 0 Å². The van der Waals surface area contributed by atoms with Crippen LogP contribution >= 0.6 is 0 Å². The van der Waals surface area contributed by atoms with E-state index in [0.29, 0.717) is 0 Å². The second-order valence-corrected chi connectivity index (χ2v) is 4.26. The van der Waals surface area contributed by atoms with Gasteiger partial charge in [0.1, 0.15) is 11.3 Å². The Hall–Kier alpha value is -2.29. The first-order valence-corrected chi connectivity index (χ1v) is 5.87. The average molecular weight is 238 g/mol. The highest BCUT2D eigenvalue weighted by Crippen LogP contribution is 2.33. The zero-order chi connectivity index (χ0) is 12.5. The number of nitrogens with one attached hydrogen (secondary N) is 1. The molecule has 0 saturated heterocycles. The summed E-state index contributed by atoms with van der Waals surface area (Å²) < 4.78 is 5.34. The smallest absolute Gasteiger partial charge is 0.144 e. The van der Waals surface area contributed by atoms with Crippen molar-refractivity contribution in [1.29, 1.82) is 0 Å². The van der Waals surface area contributed by atoms with Gasteiger partial charge in [-0.2, -0.15) is 0 Å². The van der Waals surface area contributed by atoms with Gasteiger partial charge in [0.25, 0.3) is 0 Å². The van der Waals surface area contributed by atoms with Crippen molar-refractivity contribution >= 4 is 11.0 Å².